The fraction of sp³-hybridized carbons (Fsp3) is 0.545. The average molecular weight is 261 g/mol. The maximum atomic E-state index is 6.10. The van der Waals surface area contributed by atoms with Gasteiger partial charge >= 0.3 is 0 Å². The molecule has 0 saturated carbocycles. The van der Waals surface area contributed by atoms with E-state index in [4.69, 9.17) is 27.9 Å². The van der Waals surface area contributed by atoms with Crippen LogP contribution in [-0.4, -0.2) is 35.7 Å². The van der Waals surface area contributed by atoms with Crippen molar-refractivity contribution in [2.24, 2.45) is 0 Å². The van der Waals surface area contributed by atoms with Gasteiger partial charge in [-0.2, -0.15) is 0 Å². The van der Waals surface area contributed by atoms with Crippen LogP contribution in [-0.2, 0) is 11.3 Å². The third-order valence-corrected chi connectivity index (χ3v) is 3.17. The van der Waals surface area contributed by atoms with Gasteiger partial charge in [-0.1, -0.05) is 23.2 Å². The highest BCUT2D eigenvalue weighted by Crippen LogP contribution is 2.20. The van der Waals surface area contributed by atoms with Crippen LogP contribution in [0.4, 0.5) is 0 Å². The first-order valence-corrected chi connectivity index (χ1v) is 6.04. The largest absolute Gasteiger partial charge is 0.376 e. The lowest BCUT2D eigenvalue weighted by Gasteiger charge is -2.31. The Morgan fingerprint density at radius 3 is 3.06 bits per heavy atom. The molecule has 0 bridgehead atoms. The second kappa shape index (κ2) is 5.32. The monoisotopic (exact) mass is 260 g/mol. The Hall–Kier alpha value is -0.350. The van der Waals surface area contributed by atoms with Crippen LogP contribution in [0.2, 0.25) is 10.2 Å². The zero-order valence-corrected chi connectivity index (χ0v) is 10.6. The topological polar surface area (TPSA) is 25.4 Å². The molecule has 2 rings (SSSR count). The molecule has 88 valence electrons. The van der Waals surface area contributed by atoms with E-state index in [1.54, 1.807) is 12.3 Å². The Labute approximate surface area is 105 Å². The summed E-state index contributed by atoms with van der Waals surface area (Å²) in [4.78, 5) is 6.36. The highest BCUT2D eigenvalue weighted by atomic mass is 35.5. The van der Waals surface area contributed by atoms with Crippen LogP contribution >= 0.6 is 23.2 Å². The molecule has 1 aliphatic heterocycles. The zero-order chi connectivity index (χ0) is 11.5. The van der Waals surface area contributed by atoms with Crippen LogP contribution in [0.15, 0.2) is 12.3 Å². The number of hydrogen-bond acceptors (Lipinski definition) is 3. The van der Waals surface area contributed by atoms with Gasteiger partial charge in [-0.05, 0) is 13.0 Å². The molecule has 0 amide bonds. The van der Waals surface area contributed by atoms with Crippen LogP contribution < -0.4 is 0 Å². The zero-order valence-electron chi connectivity index (χ0n) is 9.12. The highest BCUT2D eigenvalue weighted by Gasteiger charge is 2.17. The van der Waals surface area contributed by atoms with Gasteiger partial charge in [-0.25, -0.2) is 4.98 Å². The van der Waals surface area contributed by atoms with Crippen LogP contribution in [0.3, 0.4) is 0 Å². The summed E-state index contributed by atoms with van der Waals surface area (Å²) in [6.45, 7) is 5.52. The molecule has 0 aromatic carbocycles. The Balaban J connectivity index is 2.02. The van der Waals surface area contributed by atoms with Crippen molar-refractivity contribution in [3.05, 3.63) is 28.0 Å². The van der Waals surface area contributed by atoms with E-state index in [-0.39, 0.29) is 6.10 Å². The molecule has 0 radical (unpaired) electrons. The number of aromatic nitrogens is 1. The Morgan fingerprint density at radius 2 is 2.38 bits per heavy atom. The van der Waals surface area contributed by atoms with Gasteiger partial charge in [0.15, 0.2) is 0 Å². The maximum absolute atomic E-state index is 6.10. The van der Waals surface area contributed by atoms with E-state index in [1.807, 2.05) is 0 Å². The predicted octanol–water partition coefficient (Wildman–Crippen LogP) is 2.61. The first kappa shape index (κ1) is 12.1. The number of nitrogens with zero attached hydrogens (tertiary/aromatic N) is 2. The minimum absolute atomic E-state index is 0.285. The summed E-state index contributed by atoms with van der Waals surface area (Å²) in [5, 5.41) is 1.11. The van der Waals surface area contributed by atoms with Crippen molar-refractivity contribution in [2.75, 3.05) is 19.7 Å². The molecule has 5 heteroatoms. The van der Waals surface area contributed by atoms with Crippen molar-refractivity contribution >= 4 is 23.2 Å². The lowest BCUT2D eigenvalue weighted by Crippen LogP contribution is -2.40. The Kier molecular flexibility index (Phi) is 4.03. The standard InChI is InChI=1S/C11H14Cl2N2O/c1-8-6-15(2-3-16-8)7-9-5-14-11(13)4-10(9)12/h4-5,8H,2-3,6-7H2,1H3. The number of rotatable bonds is 2. The SMILES string of the molecule is CC1CN(Cc2cnc(Cl)cc2Cl)CCO1. The summed E-state index contributed by atoms with van der Waals surface area (Å²) in [6, 6.07) is 1.68. The van der Waals surface area contributed by atoms with Gasteiger partial charge in [0, 0.05) is 36.4 Å². The molecular formula is C11H14Cl2N2O. The minimum Gasteiger partial charge on any atom is -0.376 e. The summed E-state index contributed by atoms with van der Waals surface area (Å²) in [5.41, 5.74) is 1.01. The number of ether oxygens (including phenoxy) is 1. The molecule has 0 aliphatic carbocycles. The maximum Gasteiger partial charge on any atom is 0.130 e. The molecule has 1 atom stereocenters. The van der Waals surface area contributed by atoms with E-state index < -0.39 is 0 Å². The summed E-state index contributed by atoms with van der Waals surface area (Å²) in [7, 11) is 0. The summed E-state index contributed by atoms with van der Waals surface area (Å²) >= 11 is 11.9. The van der Waals surface area contributed by atoms with Gasteiger partial charge in [0.05, 0.1) is 12.7 Å². The van der Waals surface area contributed by atoms with Crippen molar-refractivity contribution in [3.63, 3.8) is 0 Å². The number of pyridine rings is 1. The molecule has 1 saturated heterocycles. The van der Waals surface area contributed by atoms with E-state index in [2.05, 4.69) is 16.8 Å². The van der Waals surface area contributed by atoms with Crippen LogP contribution in [0.5, 0.6) is 0 Å². The van der Waals surface area contributed by atoms with Gasteiger partial charge < -0.3 is 4.74 Å². The molecule has 1 aliphatic rings. The van der Waals surface area contributed by atoms with Crippen molar-refractivity contribution < 1.29 is 4.74 Å². The number of halogens is 2. The molecule has 16 heavy (non-hydrogen) atoms. The lowest BCUT2D eigenvalue weighted by molar-refractivity contribution is -0.0212. The van der Waals surface area contributed by atoms with E-state index in [9.17, 15) is 0 Å². The molecule has 1 aromatic rings. The van der Waals surface area contributed by atoms with Crippen LogP contribution in [0, 0.1) is 0 Å². The predicted molar refractivity (Wildman–Crippen MR) is 64.9 cm³/mol. The normalized spacial score (nSPS) is 22.3. The second-order valence-corrected chi connectivity index (χ2v) is 4.81. The first-order chi connectivity index (χ1) is 7.65. The first-order valence-electron chi connectivity index (χ1n) is 5.29. The van der Waals surface area contributed by atoms with Crippen LogP contribution in [0.25, 0.3) is 0 Å². The number of hydrogen-bond donors (Lipinski definition) is 0. The molecular weight excluding hydrogens is 247 g/mol. The quantitative estimate of drug-likeness (QED) is 0.765. The molecule has 1 aromatic heterocycles. The smallest absolute Gasteiger partial charge is 0.130 e. The van der Waals surface area contributed by atoms with Gasteiger partial charge in [0.25, 0.3) is 0 Å². The summed E-state index contributed by atoms with van der Waals surface area (Å²) < 4.78 is 5.48. The van der Waals surface area contributed by atoms with Crippen molar-refractivity contribution in [2.45, 2.75) is 19.6 Å². The average Bonchev–Trinajstić information content (AvgIpc) is 2.22. The molecule has 3 nitrogen and oxygen atoms in total. The van der Waals surface area contributed by atoms with Gasteiger partial charge in [-0.3, -0.25) is 4.90 Å². The highest BCUT2D eigenvalue weighted by molar-refractivity contribution is 6.34. The summed E-state index contributed by atoms with van der Waals surface area (Å²) in [6.07, 6.45) is 2.03. The van der Waals surface area contributed by atoms with Gasteiger partial charge in [0.2, 0.25) is 0 Å². The second-order valence-electron chi connectivity index (χ2n) is 4.01. The molecule has 0 spiro atoms. The Morgan fingerprint density at radius 1 is 1.56 bits per heavy atom. The van der Waals surface area contributed by atoms with E-state index in [1.165, 1.54) is 0 Å². The molecule has 2 heterocycles. The number of morpholine rings is 1. The third-order valence-electron chi connectivity index (χ3n) is 2.62. The van der Waals surface area contributed by atoms with Crippen LogP contribution in [0.1, 0.15) is 12.5 Å². The molecule has 1 fully saturated rings. The summed E-state index contributed by atoms with van der Waals surface area (Å²) in [5.74, 6) is 0. The van der Waals surface area contributed by atoms with E-state index >= 15 is 0 Å². The fourth-order valence-electron chi connectivity index (χ4n) is 1.83. The fourth-order valence-corrected chi connectivity index (χ4v) is 2.25. The lowest BCUT2D eigenvalue weighted by atomic mass is 10.2. The molecule has 0 N–H and O–H groups in total. The van der Waals surface area contributed by atoms with E-state index in [0.717, 1.165) is 31.8 Å². The van der Waals surface area contributed by atoms with Gasteiger partial charge in [0.1, 0.15) is 5.15 Å². The van der Waals surface area contributed by atoms with Crippen molar-refractivity contribution in [1.29, 1.82) is 0 Å². The van der Waals surface area contributed by atoms with Crippen molar-refractivity contribution in [1.82, 2.24) is 9.88 Å². The third kappa shape index (κ3) is 3.08. The van der Waals surface area contributed by atoms with Crippen molar-refractivity contribution in [3.8, 4) is 0 Å². The van der Waals surface area contributed by atoms with E-state index in [0.29, 0.717) is 10.2 Å². The molecule has 1 unspecified atom stereocenters. The minimum atomic E-state index is 0.285. The Bertz CT molecular complexity index is 373. The van der Waals surface area contributed by atoms with Gasteiger partial charge in [-0.15, -0.1) is 0 Å².